The third-order valence-electron chi connectivity index (χ3n) is 6.15. The summed E-state index contributed by atoms with van der Waals surface area (Å²) in [6.07, 6.45) is 1.23. The van der Waals surface area contributed by atoms with Gasteiger partial charge in [-0.15, -0.1) is 0 Å². The van der Waals surface area contributed by atoms with E-state index in [2.05, 4.69) is 0 Å². The second kappa shape index (κ2) is 10.1. The third kappa shape index (κ3) is 4.86. The quantitative estimate of drug-likeness (QED) is 0.597. The van der Waals surface area contributed by atoms with E-state index in [-0.39, 0.29) is 11.8 Å². The number of benzene rings is 2. The molecule has 33 heavy (non-hydrogen) atoms. The molecule has 0 spiro atoms. The normalized spacial score (nSPS) is 17.8. The van der Waals surface area contributed by atoms with Gasteiger partial charge in [0.15, 0.2) is 0 Å². The van der Waals surface area contributed by atoms with Gasteiger partial charge >= 0.3 is 5.97 Å². The van der Waals surface area contributed by atoms with Gasteiger partial charge in [0, 0.05) is 49.2 Å². The molecule has 0 bridgehead atoms. The summed E-state index contributed by atoms with van der Waals surface area (Å²) in [5, 5.41) is 0.972. The maximum Gasteiger partial charge on any atom is 0.327 e. The average Bonchev–Trinajstić information content (AvgIpc) is 3.26. The van der Waals surface area contributed by atoms with Gasteiger partial charge in [-0.05, 0) is 36.2 Å². The summed E-state index contributed by atoms with van der Waals surface area (Å²) in [4.78, 5) is 43.7. The number of halogens is 2. The Bertz CT molecular complexity index is 1070. The van der Waals surface area contributed by atoms with Gasteiger partial charge in [-0.3, -0.25) is 14.5 Å². The first-order valence-electron chi connectivity index (χ1n) is 10.9. The number of methoxy groups -OCH3 is 1. The van der Waals surface area contributed by atoms with Gasteiger partial charge in [-0.1, -0.05) is 41.4 Å². The molecular formula is C24H25Cl2N3O4. The van der Waals surface area contributed by atoms with E-state index < -0.39 is 12.0 Å². The van der Waals surface area contributed by atoms with Crippen LogP contribution in [0.15, 0.2) is 42.5 Å². The molecule has 2 saturated heterocycles. The van der Waals surface area contributed by atoms with E-state index in [1.54, 1.807) is 34.1 Å². The van der Waals surface area contributed by atoms with Crippen LogP contribution in [0.2, 0.25) is 10.0 Å². The number of hydrogen-bond acceptors (Lipinski definition) is 5. The molecule has 174 valence electrons. The maximum absolute atomic E-state index is 13.4. The van der Waals surface area contributed by atoms with Gasteiger partial charge in [-0.25, -0.2) is 4.79 Å². The molecule has 2 aromatic rings. The molecule has 0 aromatic heterocycles. The molecule has 4 rings (SSSR count). The van der Waals surface area contributed by atoms with Gasteiger partial charge in [0.1, 0.15) is 6.04 Å². The van der Waals surface area contributed by atoms with Crippen molar-refractivity contribution in [2.75, 3.05) is 44.7 Å². The van der Waals surface area contributed by atoms with Crippen molar-refractivity contribution in [2.45, 2.75) is 18.9 Å². The lowest BCUT2D eigenvalue weighted by Crippen LogP contribution is -2.51. The van der Waals surface area contributed by atoms with Crippen LogP contribution in [0.5, 0.6) is 0 Å². The Hall–Kier alpha value is -2.61. The van der Waals surface area contributed by atoms with Crippen LogP contribution >= 0.6 is 23.2 Å². The van der Waals surface area contributed by atoms with Gasteiger partial charge in [0.25, 0.3) is 5.91 Å². The van der Waals surface area contributed by atoms with Crippen molar-refractivity contribution in [3.05, 3.63) is 63.6 Å². The van der Waals surface area contributed by atoms with E-state index >= 15 is 0 Å². The van der Waals surface area contributed by atoms with Crippen LogP contribution in [-0.4, -0.2) is 67.4 Å². The van der Waals surface area contributed by atoms with Crippen molar-refractivity contribution in [1.82, 2.24) is 9.80 Å². The number of ether oxygens (including phenoxy) is 1. The van der Waals surface area contributed by atoms with Crippen molar-refractivity contribution in [3.8, 4) is 0 Å². The number of esters is 1. The second-order valence-electron chi connectivity index (χ2n) is 8.09. The number of rotatable bonds is 5. The highest BCUT2D eigenvalue weighted by atomic mass is 35.5. The molecule has 2 fully saturated rings. The number of nitrogens with zero attached hydrogens (tertiary/aromatic N) is 3. The predicted octanol–water partition coefficient (Wildman–Crippen LogP) is 3.79. The van der Waals surface area contributed by atoms with Crippen LogP contribution in [0.1, 0.15) is 34.8 Å². The fourth-order valence-electron chi connectivity index (χ4n) is 4.45. The molecule has 0 N–H and O–H groups in total. The van der Waals surface area contributed by atoms with Crippen molar-refractivity contribution < 1.29 is 19.1 Å². The first-order valence-corrected chi connectivity index (χ1v) is 11.6. The van der Waals surface area contributed by atoms with Crippen LogP contribution < -0.4 is 4.90 Å². The molecule has 0 radical (unpaired) electrons. The van der Waals surface area contributed by atoms with Crippen LogP contribution in [0.3, 0.4) is 0 Å². The molecule has 9 heteroatoms. The zero-order valence-electron chi connectivity index (χ0n) is 18.3. The summed E-state index contributed by atoms with van der Waals surface area (Å²) in [7, 11) is 1.35. The molecule has 2 heterocycles. The smallest absolute Gasteiger partial charge is 0.327 e. The van der Waals surface area contributed by atoms with Gasteiger partial charge in [-0.2, -0.15) is 0 Å². The lowest BCUT2D eigenvalue weighted by molar-refractivity contribution is -0.148. The minimum Gasteiger partial charge on any atom is -0.468 e. The summed E-state index contributed by atoms with van der Waals surface area (Å²) in [5.74, 6) is -0.555. The van der Waals surface area contributed by atoms with Crippen LogP contribution in [0.4, 0.5) is 5.69 Å². The van der Waals surface area contributed by atoms with E-state index in [9.17, 15) is 14.4 Å². The number of piperazine rings is 1. The summed E-state index contributed by atoms with van der Waals surface area (Å²) in [6, 6.07) is 11.6. The van der Waals surface area contributed by atoms with Crippen molar-refractivity contribution in [3.63, 3.8) is 0 Å². The van der Waals surface area contributed by atoms with E-state index in [1.807, 2.05) is 23.1 Å². The summed E-state index contributed by atoms with van der Waals surface area (Å²) in [6.45, 7) is 2.37. The van der Waals surface area contributed by atoms with Crippen LogP contribution in [-0.2, 0) is 14.3 Å². The fraction of sp³-hybridized carbons (Fsp3) is 0.375. The lowest BCUT2D eigenvalue weighted by Gasteiger charge is -2.38. The molecule has 2 aromatic carbocycles. The Morgan fingerprint density at radius 3 is 2.36 bits per heavy atom. The van der Waals surface area contributed by atoms with E-state index in [4.69, 9.17) is 27.9 Å². The SMILES string of the molecule is COC(=O)C(c1ccccc1Cl)N1CCN(C(=O)c2ccc(Cl)cc2N2CCCC2=O)CC1. The third-order valence-corrected chi connectivity index (χ3v) is 6.72. The molecule has 2 aliphatic heterocycles. The first kappa shape index (κ1) is 23.5. The second-order valence-corrected chi connectivity index (χ2v) is 8.93. The zero-order valence-corrected chi connectivity index (χ0v) is 19.8. The Morgan fingerprint density at radius 2 is 1.73 bits per heavy atom. The largest absolute Gasteiger partial charge is 0.468 e. The molecule has 1 atom stereocenters. The topological polar surface area (TPSA) is 70.2 Å². The average molecular weight is 490 g/mol. The van der Waals surface area contributed by atoms with E-state index in [0.29, 0.717) is 66.0 Å². The number of carbonyl (C=O) groups is 3. The molecular weight excluding hydrogens is 465 g/mol. The highest BCUT2D eigenvalue weighted by Crippen LogP contribution is 2.32. The minimum atomic E-state index is -0.644. The summed E-state index contributed by atoms with van der Waals surface area (Å²) < 4.78 is 5.04. The fourth-order valence-corrected chi connectivity index (χ4v) is 4.85. The zero-order chi connectivity index (χ0) is 23.5. The molecule has 0 saturated carbocycles. The van der Waals surface area contributed by atoms with Crippen LogP contribution in [0, 0.1) is 0 Å². The van der Waals surface area contributed by atoms with Gasteiger partial charge in [0.05, 0.1) is 18.4 Å². The van der Waals surface area contributed by atoms with Crippen LogP contribution in [0.25, 0.3) is 0 Å². The van der Waals surface area contributed by atoms with Gasteiger partial charge in [0.2, 0.25) is 5.91 Å². The maximum atomic E-state index is 13.4. The molecule has 2 aliphatic rings. The number of hydrogen-bond donors (Lipinski definition) is 0. The van der Waals surface area contributed by atoms with Crippen molar-refractivity contribution >= 4 is 46.7 Å². The van der Waals surface area contributed by atoms with Crippen molar-refractivity contribution in [2.24, 2.45) is 0 Å². The minimum absolute atomic E-state index is 0.00297. The summed E-state index contributed by atoms with van der Waals surface area (Å²) in [5.41, 5.74) is 1.69. The van der Waals surface area contributed by atoms with E-state index in [1.165, 1.54) is 7.11 Å². The first-order chi connectivity index (χ1) is 15.9. The Kier molecular flexibility index (Phi) is 7.22. The Morgan fingerprint density at radius 1 is 1.00 bits per heavy atom. The lowest BCUT2D eigenvalue weighted by atomic mass is 10.0. The Labute approximate surface area is 202 Å². The highest BCUT2D eigenvalue weighted by Gasteiger charge is 2.35. The highest BCUT2D eigenvalue weighted by molar-refractivity contribution is 6.31. The Balaban J connectivity index is 1.52. The number of anilines is 1. The van der Waals surface area contributed by atoms with Gasteiger partial charge < -0.3 is 14.5 Å². The summed E-state index contributed by atoms with van der Waals surface area (Å²) >= 11 is 12.5. The molecule has 0 aliphatic carbocycles. The monoisotopic (exact) mass is 489 g/mol. The number of amides is 2. The van der Waals surface area contributed by atoms with Crippen molar-refractivity contribution in [1.29, 1.82) is 0 Å². The molecule has 2 amide bonds. The molecule has 7 nitrogen and oxygen atoms in total. The standard InChI is InChI=1S/C24H25Cl2N3O4/c1-33-24(32)22(17-5-2-3-6-19(17)26)27-11-13-28(14-12-27)23(31)18-9-8-16(25)15-20(18)29-10-4-7-21(29)30/h2-3,5-6,8-9,15,22H,4,7,10-14H2,1H3. The number of carbonyl (C=O) groups excluding carboxylic acids is 3. The predicted molar refractivity (Wildman–Crippen MR) is 127 cm³/mol. The molecule has 1 unspecified atom stereocenters. The van der Waals surface area contributed by atoms with E-state index in [0.717, 1.165) is 6.42 Å².